The van der Waals surface area contributed by atoms with Gasteiger partial charge in [-0.15, -0.1) is 0 Å². The molecule has 0 aromatic heterocycles. The van der Waals surface area contributed by atoms with Gasteiger partial charge in [-0.3, -0.25) is 0 Å². The zero-order chi connectivity index (χ0) is 29.6. The molecule has 0 aliphatic heterocycles. The summed E-state index contributed by atoms with van der Waals surface area (Å²) in [6, 6.07) is 55.1. The van der Waals surface area contributed by atoms with Crippen LogP contribution in [-0.2, 0) is 0 Å². The predicted molar refractivity (Wildman–Crippen MR) is 185 cm³/mol. The molecule has 0 unspecified atom stereocenters. The summed E-state index contributed by atoms with van der Waals surface area (Å²) in [6.07, 6.45) is 1.14. The largest absolute Gasteiger partial charge is 0.707 e. The fourth-order valence-corrected chi connectivity index (χ4v) is 10.1. The summed E-state index contributed by atoms with van der Waals surface area (Å²) in [5, 5.41) is 29.0. The van der Waals surface area contributed by atoms with E-state index in [9.17, 15) is 0 Å². The van der Waals surface area contributed by atoms with Crippen LogP contribution in [0, 0.1) is 0 Å². The van der Waals surface area contributed by atoms with Gasteiger partial charge in [-0.25, -0.2) is 0 Å². The second kappa shape index (κ2) is 12.8. The predicted octanol–water partition coefficient (Wildman–Crippen LogP) is 7.49. The van der Waals surface area contributed by atoms with Crippen LogP contribution in [-0.4, -0.2) is 23.5 Å². The summed E-state index contributed by atoms with van der Waals surface area (Å²) in [6.45, 7) is 2.32. The molecule has 0 aliphatic carbocycles. The van der Waals surface area contributed by atoms with Crippen molar-refractivity contribution in [2.75, 3.05) is 6.16 Å². The van der Waals surface area contributed by atoms with E-state index in [0.29, 0.717) is 5.75 Å². The lowest BCUT2D eigenvalue weighted by Gasteiger charge is -2.26. The summed E-state index contributed by atoms with van der Waals surface area (Å²) in [5.74, 6) is 0.466. The van der Waals surface area contributed by atoms with E-state index in [-0.39, 0.29) is 0 Å². The minimum absolute atomic E-state index is 0.466. The maximum atomic E-state index is 9.14. The Bertz CT molecular complexity index is 1870. The first-order valence-corrected chi connectivity index (χ1v) is 16.5. The van der Waals surface area contributed by atoms with Crippen LogP contribution in [0.15, 0.2) is 158 Å². The van der Waals surface area contributed by atoms with Gasteiger partial charge in [0.15, 0.2) is 0 Å². The van der Waals surface area contributed by atoms with Crippen molar-refractivity contribution in [2.45, 2.75) is 6.92 Å². The first kappa shape index (κ1) is 28.6. The molecule has 3 nitrogen and oxygen atoms in total. The van der Waals surface area contributed by atoms with E-state index in [2.05, 4.69) is 128 Å². The lowest BCUT2D eigenvalue weighted by molar-refractivity contribution is 0.289. The first-order chi connectivity index (χ1) is 21.1. The highest BCUT2D eigenvalue weighted by molar-refractivity contribution is 7.95. The summed E-state index contributed by atoms with van der Waals surface area (Å²) in [4.78, 5) is 0. The molecule has 7 aromatic carbocycles. The minimum Gasteiger partial charge on any atom is -0.511 e. The molecule has 0 saturated carbocycles. The Morgan fingerprint density at radius 3 is 1.49 bits per heavy atom. The van der Waals surface area contributed by atoms with Gasteiger partial charge in [0.2, 0.25) is 0 Å². The van der Waals surface area contributed by atoms with Crippen molar-refractivity contribution in [3.63, 3.8) is 0 Å². The van der Waals surface area contributed by atoms with Crippen LogP contribution in [0.2, 0.25) is 0 Å². The van der Waals surface area contributed by atoms with Crippen LogP contribution in [0.1, 0.15) is 6.92 Å². The average Bonchev–Trinajstić information content (AvgIpc) is 3.06. The SMILES string of the molecule is CC[P+](c1ccccc1)(c1ccccc1)c1ccccc1.OB(O)Oc1cccc2ccc3cc4ccccc4cc3c12. The lowest BCUT2D eigenvalue weighted by Crippen LogP contribution is -2.32. The maximum absolute atomic E-state index is 9.14. The van der Waals surface area contributed by atoms with Crippen molar-refractivity contribution in [3.8, 4) is 5.75 Å². The third-order valence-corrected chi connectivity index (χ3v) is 12.5. The van der Waals surface area contributed by atoms with Crippen molar-refractivity contribution in [1.82, 2.24) is 0 Å². The second-order valence-corrected chi connectivity index (χ2v) is 14.2. The van der Waals surface area contributed by atoms with Gasteiger partial charge in [-0.1, -0.05) is 103 Å². The molecular formula is C38H33BO3P+. The Hall–Kier alpha value is -4.47. The Balaban J connectivity index is 0.000000153. The summed E-state index contributed by atoms with van der Waals surface area (Å²) < 4.78 is 5.16. The van der Waals surface area contributed by atoms with Crippen LogP contribution < -0.4 is 20.6 Å². The molecular weight excluding hydrogens is 546 g/mol. The van der Waals surface area contributed by atoms with E-state index in [4.69, 9.17) is 14.7 Å². The molecule has 0 saturated heterocycles. The van der Waals surface area contributed by atoms with Crippen LogP contribution in [0.3, 0.4) is 0 Å². The van der Waals surface area contributed by atoms with Gasteiger partial charge < -0.3 is 14.7 Å². The minimum atomic E-state index is -1.83. The van der Waals surface area contributed by atoms with Gasteiger partial charge in [0.05, 0.1) is 6.16 Å². The molecule has 0 atom stereocenters. The molecule has 0 spiro atoms. The van der Waals surface area contributed by atoms with Crippen LogP contribution in [0.4, 0.5) is 0 Å². The molecule has 0 bridgehead atoms. The lowest BCUT2D eigenvalue weighted by atomic mass is 9.97. The zero-order valence-corrected chi connectivity index (χ0v) is 24.9. The average molecular weight is 579 g/mol. The standard InChI is InChI=1S/C20H20P.C18H13BO3/c1-2-21(18-12-6-3-7-13-18,19-14-8-4-9-15-19)20-16-10-5-11-17-20;20-19(21)22-17-7-3-6-12-8-9-15-10-13-4-1-2-5-14(13)11-16(15)18(12)17/h3-17H,2H2,1H3;1-11,20-21H/q+1;. The number of hydrogen-bond acceptors (Lipinski definition) is 3. The smallest absolute Gasteiger partial charge is 0.511 e. The van der Waals surface area contributed by atoms with E-state index in [1.165, 1.54) is 21.3 Å². The fraction of sp³-hybridized carbons (Fsp3) is 0.0526. The molecule has 7 rings (SSSR count). The molecule has 5 heteroatoms. The third-order valence-electron chi connectivity index (χ3n) is 7.99. The highest BCUT2D eigenvalue weighted by Crippen LogP contribution is 2.54. The molecule has 0 radical (unpaired) electrons. The number of benzene rings is 7. The Labute approximate surface area is 253 Å². The zero-order valence-electron chi connectivity index (χ0n) is 24.0. The van der Waals surface area contributed by atoms with Crippen LogP contribution >= 0.6 is 7.26 Å². The molecule has 0 aliphatic rings. The number of fused-ring (bicyclic) bond motifs is 4. The highest BCUT2D eigenvalue weighted by Gasteiger charge is 2.43. The quantitative estimate of drug-likeness (QED) is 0.0929. The van der Waals surface area contributed by atoms with Gasteiger partial charge in [0, 0.05) is 5.39 Å². The van der Waals surface area contributed by atoms with Gasteiger partial charge >= 0.3 is 7.32 Å². The maximum Gasteiger partial charge on any atom is 0.707 e. The van der Waals surface area contributed by atoms with E-state index in [0.717, 1.165) is 33.1 Å². The number of hydrogen-bond donors (Lipinski definition) is 2. The normalized spacial score (nSPS) is 11.2. The molecule has 0 fully saturated rings. The Morgan fingerprint density at radius 2 is 0.977 bits per heavy atom. The fourth-order valence-electron chi connectivity index (χ4n) is 6.02. The highest BCUT2D eigenvalue weighted by atomic mass is 31.2. The van der Waals surface area contributed by atoms with E-state index >= 15 is 0 Å². The molecule has 0 heterocycles. The van der Waals surface area contributed by atoms with Gasteiger partial charge in [-0.2, -0.15) is 0 Å². The summed E-state index contributed by atoms with van der Waals surface area (Å²) in [7, 11) is -3.37. The monoisotopic (exact) mass is 579 g/mol. The van der Waals surface area contributed by atoms with E-state index in [1.54, 1.807) is 6.07 Å². The molecule has 2 N–H and O–H groups in total. The topological polar surface area (TPSA) is 49.7 Å². The van der Waals surface area contributed by atoms with Crippen LogP contribution in [0.25, 0.3) is 32.3 Å². The first-order valence-electron chi connectivity index (χ1n) is 14.5. The number of rotatable bonds is 6. The second-order valence-electron chi connectivity index (χ2n) is 10.4. The van der Waals surface area contributed by atoms with Crippen molar-refractivity contribution >= 4 is 62.8 Å². The van der Waals surface area contributed by atoms with Crippen molar-refractivity contribution in [1.29, 1.82) is 0 Å². The van der Waals surface area contributed by atoms with Gasteiger partial charge in [0.25, 0.3) is 0 Å². The summed E-state index contributed by atoms with van der Waals surface area (Å²) in [5.41, 5.74) is 0. The Morgan fingerprint density at radius 1 is 0.512 bits per heavy atom. The van der Waals surface area contributed by atoms with Crippen molar-refractivity contribution < 1.29 is 14.7 Å². The van der Waals surface area contributed by atoms with E-state index < -0.39 is 14.6 Å². The van der Waals surface area contributed by atoms with Crippen molar-refractivity contribution in [3.05, 3.63) is 158 Å². The molecule has 43 heavy (non-hydrogen) atoms. The van der Waals surface area contributed by atoms with Crippen LogP contribution in [0.5, 0.6) is 5.75 Å². The molecule has 210 valence electrons. The summed E-state index contributed by atoms with van der Waals surface area (Å²) >= 11 is 0. The van der Waals surface area contributed by atoms with Gasteiger partial charge in [0.1, 0.15) is 28.9 Å². The van der Waals surface area contributed by atoms with E-state index in [1.807, 2.05) is 30.3 Å². The Kier molecular flexibility index (Phi) is 8.53. The third kappa shape index (κ3) is 5.78. The molecule has 7 aromatic rings. The molecule has 0 amide bonds. The van der Waals surface area contributed by atoms with Gasteiger partial charge in [-0.05, 0) is 88.5 Å². The van der Waals surface area contributed by atoms with Crippen molar-refractivity contribution in [2.24, 2.45) is 0 Å².